The molecule has 68 valence electrons. The van der Waals surface area contributed by atoms with E-state index in [2.05, 4.69) is 5.32 Å². The highest BCUT2D eigenvalue weighted by atomic mass is 19.1. The van der Waals surface area contributed by atoms with Crippen LogP contribution in [0.15, 0.2) is 18.2 Å². The zero-order chi connectivity index (χ0) is 9.14. The van der Waals surface area contributed by atoms with Crippen LogP contribution in [0.4, 0.5) is 10.1 Å². The van der Waals surface area contributed by atoms with Crippen molar-refractivity contribution in [3.63, 3.8) is 0 Å². The maximum atomic E-state index is 13.2. The number of anilines is 1. The average Bonchev–Trinajstić information content (AvgIpc) is 2.03. The fraction of sp³-hybridized carbons (Fsp3) is 0.400. The number of halogens is 1. The molecule has 0 saturated heterocycles. The molecule has 0 bridgehead atoms. The van der Waals surface area contributed by atoms with Gasteiger partial charge in [-0.25, -0.2) is 4.39 Å². The van der Waals surface area contributed by atoms with Crippen molar-refractivity contribution in [2.75, 3.05) is 12.4 Å². The molecule has 0 aliphatic heterocycles. The molecule has 1 aromatic carbocycles. The first-order chi connectivity index (χ1) is 5.65. The number of nitrogens with one attached hydrogen (secondary N) is 1. The van der Waals surface area contributed by atoms with Crippen molar-refractivity contribution >= 4 is 5.69 Å². The SMILES string of the molecule is CNc1ccc(C(C)C)c(F)c1.[HH]. The molecule has 0 unspecified atom stereocenters. The Kier molecular flexibility index (Phi) is 2.69. The van der Waals surface area contributed by atoms with Crippen LogP contribution in [-0.4, -0.2) is 7.05 Å². The van der Waals surface area contributed by atoms with Gasteiger partial charge in [0.1, 0.15) is 5.82 Å². The Morgan fingerprint density at radius 1 is 1.42 bits per heavy atom. The molecule has 0 amide bonds. The normalized spacial score (nSPS) is 10.4. The first-order valence-corrected chi connectivity index (χ1v) is 4.12. The average molecular weight is 169 g/mol. The second-order valence-electron chi connectivity index (χ2n) is 3.14. The first-order valence-electron chi connectivity index (χ1n) is 4.12. The minimum Gasteiger partial charge on any atom is -0.388 e. The van der Waals surface area contributed by atoms with Gasteiger partial charge < -0.3 is 5.32 Å². The van der Waals surface area contributed by atoms with E-state index >= 15 is 0 Å². The number of hydrogen-bond acceptors (Lipinski definition) is 1. The summed E-state index contributed by atoms with van der Waals surface area (Å²) in [7, 11) is 1.78. The van der Waals surface area contributed by atoms with Crippen molar-refractivity contribution in [2.24, 2.45) is 0 Å². The Morgan fingerprint density at radius 2 is 2.08 bits per heavy atom. The maximum Gasteiger partial charge on any atom is 0.128 e. The van der Waals surface area contributed by atoms with Crippen molar-refractivity contribution in [2.45, 2.75) is 19.8 Å². The van der Waals surface area contributed by atoms with E-state index in [0.717, 1.165) is 11.3 Å². The van der Waals surface area contributed by atoms with E-state index in [1.165, 1.54) is 6.07 Å². The summed E-state index contributed by atoms with van der Waals surface area (Å²) in [5.41, 5.74) is 1.59. The number of rotatable bonds is 2. The second kappa shape index (κ2) is 3.57. The molecule has 1 rings (SSSR count). The van der Waals surface area contributed by atoms with Crippen LogP contribution in [-0.2, 0) is 0 Å². The third-order valence-electron chi connectivity index (χ3n) is 1.91. The molecule has 1 nitrogen and oxygen atoms in total. The van der Waals surface area contributed by atoms with E-state index in [4.69, 9.17) is 0 Å². The van der Waals surface area contributed by atoms with Gasteiger partial charge in [-0.2, -0.15) is 0 Å². The molecule has 12 heavy (non-hydrogen) atoms. The molecule has 1 aromatic rings. The van der Waals surface area contributed by atoms with Crippen LogP contribution in [0.3, 0.4) is 0 Å². The van der Waals surface area contributed by atoms with E-state index in [1.54, 1.807) is 7.05 Å². The topological polar surface area (TPSA) is 12.0 Å². The summed E-state index contributed by atoms with van der Waals surface area (Å²) in [5.74, 6) is 0.118. The van der Waals surface area contributed by atoms with Gasteiger partial charge in [-0.05, 0) is 23.6 Å². The molecular formula is C10H16FN. The lowest BCUT2D eigenvalue weighted by Gasteiger charge is -2.08. The molecule has 0 aromatic heterocycles. The summed E-state index contributed by atoms with van der Waals surface area (Å²) in [6.45, 7) is 3.97. The predicted octanol–water partition coefficient (Wildman–Crippen LogP) is 3.24. The third-order valence-corrected chi connectivity index (χ3v) is 1.91. The summed E-state index contributed by atoms with van der Waals surface area (Å²) in [6.07, 6.45) is 0. The maximum absolute atomic E-state index is 13.2. The van der Waals surface area contributed by atoms with E-state index in [1.807, 2.05) is 26.0 Å². The summed E-state index contributed by atoms with van der Waals surface area (Å²) in [4.78, 5) is 0. The molecular weight excluding hydrogens is 153 g/mol. The number of benzene rings is 1. The fourth-order valence-electron chi connectivity index (χ4n) is 1.15. The summed E-state index contributed by atoms with van der Waals surface area (Å²) >= 11 is 0. The standard InChI is InChI=1S/C10H14FN.H2/c1-7(2)9-5-4-8(12-3)6-10(9)11;/h4-7,12H,1-3H3;1H. The lowest BCUT2D eigenvalue weighted by Crippen LogP contribution is -1.95. The van der Waals surface area contributed by atoms with Crippen LogP contribution in [0.5, 0.6) is 0 Å². The molecule has 0 atom stereocenters. The Labute approximate surface area is 74.1 Å². The molecule has 0 heterocycles. The predicted molar refractivity (Wildman–Crippen MR) is 52.1 cm³/mol. The number of hydrogen-bond donors (Lipinski definition) is 1. The van der Waals surface area contributed by atoms with Crippen LogP contribution in [0.2, 0.25) is 0 Å². The van der Waals surface area contributed by atoms with Crippen LogP contribution in [0.25, 0.3) is 0 Å². The first kappa shape index (κ1) is 9.04. The highest BCUT2D eigenvalue weighted by Gasteiger charge is 2.05. The van der Waals surface area contributed by atoms with Gasteiger partial charge in [0.2, 0.25) is 0 Å². The lowest BCUT2D eigenvalue weighted by atomic mass is 10.0. The summed E-state index contributed by atoms with van der Waals surface area (Å²) < 4.78 is 13.2. The van der Waals surface area contributed by atoms with Crippen LogP contribution < -0.4 is 5.32 Å². The Bertz CT molecular complexity index is 274. The van der Waals surface area contributed by atoms with E-state index < -0.39 is 0 Å². The molecule has 0 radical (unpaired) electrons. The van der Waals surface area contributed by atoms with Crippen LogP contribution in [0.1, 0.15) is 26.8 Å². The summed E-state index contributed by atoms with van der Waals surface area (Å²) in [5, 5.41) is 2.89. The van der Waals surface area contributed by atoms with Gasteiger partial charge >= 0.3 is 0 Å². The molecule has 0 spiro atoms. The Hall–Kier alpha value is -1.05. The molecule has 0 saturated carbocycles. The third kappa shape index (κ3) is 1.76. The van der Waals surface area contributed by atoms with Gasteiger partial charge in [0.05, 0.1) is 0 Å². The van der Waals surface area contributed by atoms with Crippen LogP contribution >= 0.6 is 0 Å². The van der Waals surface area contributed by atoms with E-state index in [9.17, 15) is 4.39 Å². The van der Waals surface area contributed by atoms with Gasteiger partial charge in [-0.1, -0.05) is 19.9 Å². The molecule has 0 aliphatic rings. The van der Waals surface area contributed by atoms with Crippen molar-refractivity contribution in [3.05, 3.63) is 29.6 Å². The quantitative estimate of drug-likeness (QED) is 0.716. The molecule has 1 N–H and O–H groups in total. The van der Waals surface area contributed by atoms with Crippen LogP contribution in [0, 0.1) is 5.82 Å². The lowest BCUT2D eigenvalue weighted by molar-refractivity contribution is 0.599. The fourth-order valence-corrected chi connectivity index (χ4v) is 1.15. The zero-order valence-electron chi connectivity index (χ0n) is 7.69. The highest BCUT2D eigenvalue weighted by molar-refractivity contribution is 5.45. The van der Waals surface area contributed by atoms with E-state index in [-0.39, 0.29) is 13.2 Å². The van der Waals surface area contributed by atoms with Gasteiger partial charge in [0, 0.05) is 14.2 Å². The Morgan fingerprint density at radius 3 is 2.50 bits per heavy atom. The Balaban J connectivity index is 0.00000144. The van der Waals surface area contributed by atoms with Crippen molar-refractivity contribution in [3.8, 4) is 0 Å². The van der Waals surface area contributed by atoms with Gasteiger partial charge in [-0.3, -0.25) is 0 Å². The highest BCUT2D eigenvalue weighted by Crippen LogP contribution is 2.20. The van der Waals surface area contributed by atoms with Gasteiger partial charge in [0.25, 0.3) is 0 Å². The van der Waals surface area contributed by atoms with Crippen molar-refractivity contribution < 1.29 is 5.82 Å². The monoisotopic (exact) mass is 169 g/mol. The molecule has 0 aliphatic carbocycles. The van der Waals surface area contributed by atoms with Crippen molar-refractivity contribution in [1.29, 1.82) is 0 Å². The molecule has 2 heteroatoms. The van der Waals surface area contributed by atoms with Gasteiger partial charge in [-0.15, -0.1) is 0 Å². The second-order valence-corrected chi connectivity index (χ2v) is 3.14. The van der Waals surface area contributed by atoms with E-state index in [0.29, 0.717) is 0 Å². The molecule has 0 fully saturated rings. The minimum atomic E-state index is -0.128. The van der Waals surface area contributed by atoms with Crippen molar-refractivity contribution in [1.82, 2.24) is 0 Å². The smallest absolute Gasteiger partial charge is 0.128 e. The summed E-state index contributed by atoms with van der Waals surface area (Å²) in [6, 6.07) is 5.24. The zero-order valence-corrected chi connectivity index (χ0v) is 7.69. The van der Waals surface area contributed by atoms with Gasteiger partial charge in [0.15, 0.2) is 0 Å². The largest absolute Gasteiger partial charge is 0.388 e. The minimum absolute atomic E-state index is 0.